The van der Waals surface area contributed by atoms with Crippen molar-refractivity contribution in [3.05, 3.63) is 6.07 Å². The Labute approximate surface area is 111 Å². The van der Waals surface area contributed by atoms with Crippen LogP contribution in [0.1, 0.15) is 19.3 Å². The fourth-order valence-corrected chi connectivity index (χ4v) is 2.00. The number of hydrogen-bond donors (Lipinski definition) is 2. The molecule has 0 aliphatic carbocycles. The lowest BCUT2D eigenvalue weighted by Gasteiger charge is -2.10. The van der Waals surface area contributed by atoms with Crippen LogP contribution in [0.5, 0.6) is 11.8 Å². The maximum absolute atomic E-state index is 11.9. The fraction of sp³-hybridized carbons (Fsp3) is 0.583. The molecule has 1 atom stereocenters. The lowest BCUT2D eigenvalue weighted by Crippen LogP contribution is -2.28. The second kappa shape index (κ2) is 6.33. The number of carbonyl (C=O) groups is 1. The van der Waals surface area contributed by atoms with E-state index >= 15 is 0 Å². The molecule has 1 aromatic heterocycles. The van der Waals surface area contributed by atoms with Gasteiger partial charge in [-0.1, -0.05) is 0 Å². The lowest BCUT2D eigenvalue weighted by atomic mass is 10.1. The Kier molecular flexibility index (Phi) is 4.51. The maximum Gasteiger partial charge on any atom is 0.236 e. The normalized spacial score (nSPS) is 18.1. The Bertz CT molecular complexity index is 424. The van der Waals surface area contributed by atoms with E-state index in [-0.39, 0.29) is 17.9 Å². The molecule has 0 saturated carbocycles. The van der Waals surface area contributed by atoms with Gasteiger partial charge in [-0.15, -0.1) is 0 Å². The minimum absolute atomic E-state index is 0.116. The minimum Gasteiger partial charge on any atom is -0.481 e. The second-order valence-corrected chi connectivity index (χ2v) is 4.32. The van der Waals surface area contributed by atoms with E-state index in [0.717, 1.165) is 19.4 Å². The summed E-state index contributed by atoms with van der Waals surface area (Å²) in [6.45, 7) is 0.974. The molecule has 1 aliphatic heterocycles. The predicted octanol–water partition coefficient (Wildman–Crippen LogP) is 0.574. The topological polar surface area (TPSA) is 85.4 Å². The molecule has 0 spiro atoms. The molecule has 1 aliphatic rings. The summed E-state index contributed by atoms with van der Waals surface area (Å²) in [6, 6.07) is 1.79. The van der Waals surface area contributed by atoms with E-state index in [1.165, 1.54) is 14.2 Å². The van der Waals surface area contributed by atoms with Gasteiger partial charge in [0.2, 0.25) is 23.6 Å². The van der Waals surface area contributed by atoms with E-state index in [1.807, 2.05) is 0 Å². The van der Waals surface area contributed by atoms with Gasteiger partial charge in [0.25, 0.3) is 0 Å². The van der Waals surface area contributed by atoms with E-state index in [9.17, 15) is 4.79 Å². The summed E-state index contributed by atoms with van der Waals surface area (Å²) in [4.78, 5) is 20.0. The molecule has 2 rings (SSSR count). The third kappa shape index (κ3) is 3.78. The molecule has 0 aromatic carbocycles. The van der Waals surface area contributed by atoms with Crippen molar-refractivity contribution >= 4 is 11.9 Å². The van der Waals surface area contributed by atoms with Gasteiger partial charge < -0.3 is 14.8 Å². The Balaban J connectivity index is 1.98. The molecular formula is C12H18N4O3. The second-order valence-electron chi connectivity index (χ2n) is 4.32. The van der Waals surface area contributed by atoms with Crippen molar-refractivity contribution in [2.75, 3.05) is 26.1 Å². The van der Waals surface area contributed by atoms with Crippen LogP contribution in [0, 0.1) is 0 Å². The van der Waals surface area contributed by atoms with Crippen LogP contribution < -0.4 is 20.1 Å². The third-order valence-electron chi connectivity index (χ3n) is 2.94. The van der Waals surface area contributed by atoms with Crippen LogP contribution in [0.2, 0.25) is 0 Å². The highest BCUT2D eigenvalue weighted by molar-refractivity contribution is 5.89. The minimum atomic E-state index is -0.116. The summed E-state index contributed by atoms with van der Waals surface area (Å²) in [5, 5.41) is 5.92. The summed E-state index contributed by atoms with van der Waals surface area (Å²) in [5.74, 6) is 0.774. The maximum atomic E-state index is 11.9. The Hall–Kier alpha value is -1.89. The highest BCUT2D eigenvalue weighted by Crippen LogP contribution is 2.17. The van der Waals surface area contributed by atoms with Gasteiger partial charge in [-0.05, 0) is 19.4 Å². The molecule has 104 valence electrons. The van der Waals surface area contributed by atoms with Crippen LogP contribution >= 0.6 is 0 Å². The van der Waals surface area contributed by atoms with Crippen LogP contribution in [-0.4, -0.2) is 42.7 Å². The molecule has 0 radical (unpaired) electrons. The van der Waals surface area contributed by atoms with E-state index in [4.69, 9.17) is 9.47 Å². The lowest BCUT2D eigenvalue weighted by molar-refractivity contribution is -0.116. The SMILES string of the molecule is COc1cc(OC)nc(NC(=O)CC2CCCN2)n1. The highest BCUT2D eigenvalue weighted by Gasteiger charge is 2.18. The van der Waals surface area contributed by atoms with Gasteiger partial charge in [0, 0.05) is 12.5 Å². The summed E-state index contributed by atoms with van der Waals surface area (Å²) >= 11 is 0. The van der Waals surface area contributed by atoms with E-state index in [1.54, 1.807) is 6.07 Å². The van der Waals surface area contributed by atoms with E-state index in [0.29, 0.717) is 18.2 Å². The molecule has 2 heterocycles. The number of nitrogens with one attached hydrogen (secondary N) is 2. The van der Waals surface area contributed by atoms with Crippen molar-refractivity contribution in [2.24, 2.45) is 0 Å². The van der Waals surface area contributed by atoms with Crippen molar-refractivity contribution in [3.63, 3.8) is 0 Å². The molecular weight excluding hydrogens is 248 g/mol. The number of rotatable bonds is 5. The van der Waals surface area contributed by atoms with Gasteiger partial charge in [0.15, 0.2) is 0 Å². The van der Waals surface area contributed by atoms with Gasteiger partial charge in [-0.3, -0.25) is 10.1 Å². The van der Waals surface area contributed by atoms with E-state index < -0.39 is 0 Å². The molecule has 1 saturated heterocycles. The number of aromatic nitrogens is 2. The third-order valence-corrected chi connectivity index (χ3v) is 2.94. The fourth-order valence-electron chi connectivity index (χ4n) is 2.00. The molecule has 1 aromatic rings. The molecule has 1 fully saturated rings. The Morgan fingerprint density at radius 3 is 2.63 bits per heavy atom. The first-order valence-electron chi connectivity index (χ1n) is 6.21. The number of anilines is 1. The zero-order valence-electron chi connectivity index (χ0n) is 11.1. The zero-order valence-corrected chi connectivity index (χ0v) is 11.1. The monoisotopic (exact) mass is 266 g/mol. The van der Waals surface area contributed by atoms with E-state index in [2.05, 4.69) is 20.6 Å². The van der Waals surface area contributed by atoms with Crippen molar-refractivity contribution in [3.8, 4) is 11.8 Å². The number of methoxy groups -OCH3 is 2. The molecule has 7 nitrogen and oxygen atoms in total. The van der Waals surface area contributed by atoms with Crippen molar-refractivity contribution < 1.29 is 14.3 Å². The average Bonchev–Trinajstić information content (AvgIpc) is 2.90. The highest BCUT2D eigenvalue weighted by atomic mass is 16.5. The summed E-state index contributed by atoms with van der Waals surface area (Å²) in [6.07, 6.45) is 2.56. The number of hydrogen-bond acceptors (Lipinski definition) is 6. The van der Waals surface area contributed by atoms with Crippen LogP contribution in [0.25, 0.3) is 0 Å². The summed E-state index contributed by atoms with van der Waals surface area (Å²) < 4.78 is 10.0. The average molecular weight is 266 g/mol. The first-order valence-corrected chi connectivity index (χ1v) is 6.21. The number of nitrogens with zero attached hydrogens (tertiary/aromatic N) is 2. The number of ether oxygens (including phenoxy) is 2. The smallest absolute Gasteiger partial charge is 0.236 e. The van der Waals surface area contributed by atoms with Gasteiger partial charge in [0.05, 0.1) is 20.3 Å². The standard InChI is InChI=1S/C12H18N4O3/c1-18-10-7-11(19-2)16-12(15-10)14-9(17)6-8-4-3-5-13-8/h7-8,13H,3-6H2,1-2H3,(H,14,15,16,17). The summed E-state index contributed by atoms with van der Waals surface area (Å²) in [5.41, 5.74) is 0. The largest absolute Gasteiger partial charge is 0.481 e. The Morgan fingerprint density at radius 1 is 1.42 bits per heavy atom. The predicted molar refractivity (Wildman–Crippen MR) is 69.4 cm³/mol. The van der Waals surface area contributed by atoms with Crippen molar-refractivity contribution in [2.45, 2.75) is 25.3 Å². The molecule has 7 heteroatoms. The molecule has 1 amide bonds. The first kappa shape index (κ1) is 13.5. The molecule has 1 unspecified atom stereocenters. The molecule has 2 N–H and O–H groups in total. The molecule has 19 heavy (non-hydrogen) atoms. The van der Waals surface area contributed by atoms with Gasteiger partial charge in [-0.25, -0.2) is 0 Å². The number of amides is 1. The van der Waals surface area contributed by atoms with Crippen LogP contribution in [-0.2, 0) is 4.79 Å². The van der Waals surface area contributed by atoms with Gasteiger partial charge >= 0.3 is 0 Å². The van der Waals surface area contributed by atoms with Crippen molar-refractivity contribution in [1.82, 2.24) is 15.3 Å². The van der Waals surface area contributed by atoms with Gasteiger partial charge in [-0.2, -0.15) is 9.97 Å². The zero-order chi connectivity index (χ0) is 13.7. The van der Waals surface area contributed by atoms with Crippen LogP contribution in [0.15, 0.2) is 6.07 Å². The summed E-state index contributed by atoms with van der Waals surface area (Å²) in [7, 11) is 2.99. The first-order chi connectivity index (χ1) is 9.21. The Morgan fingerprint density at radius 2 is 2.11 bits per heavy atom. The van der Waals surface area contributed by atoms with Crippen LogP contribution in [0.4, 0.5) is 5.95 Å². The quantitative estimate of drug-likeness (QED) is 0.810. The van der Waals surface area contributed by atoms with Crippen molar-refractivity contribution in [1.29, 1.82) is 0 Å². The van der Waals surface area contributed by atoms with Gasteiger partial charge in [0.1, 0.15) is 0 Å². The molecule has 0 bridgehead atoms. The van der Waals surface area contributed by atoms with Crippen LogP contribution in [0.3, 0.4) is 0 Å². The number of carbonyl (C=O) groups excluding carboxylic acids is 1.